The second-order valence-corrected chi connectivity index (χ2v) is 14.5. The zero-order chi connectivity index (χ0) is 34.6. The second kappa shape index (κ2) is 15.7. The minimum atomic E-state index is -0.544. The number of aromatic nitrogens is 3. The van der Waals surface area contributed by atoms with Gasteiger partial charge in [0.05, 0.1) is 35.5 Å². The molecule has 12 nitrogen and oxygen atoms in total. The summed E-state index contributed by atoms with van der Waals surface area (Å²) in [7, 11) is 0. The Kier molecular flexibility index (Phi) is 12.1. The number of fused-ring (bicyclic) bond motifs is 1. The van der Waals surface area contributed by atoms with Crippen LogP contribution >= 0.6 is 13.5 Å². The van der Waals surface area contributed by atoms with Crippen molar-refractivity contribution in [1.82, 2.24) is 29.7 Å². The minimum absolute atomic E-state index is 0. The first-order chi connectivity index (χ1) is 22.8. The molecule has 0 saturated carbocycles. The van der Waals surface area contributed by atoms with Crippen molar-refractivity contribution in [1.29, 1.82) is 5.26 Å². The molecule has 2 fully saturated rings. The lowest BCUT2D eigenvalue weighted by atomic mass is 9.76. The third-order valence-corrected chi connectivity index (χ3v) is 9.14. The number of nitrogens with zero attached hydrogens (tertiary/aromatic N) is 7. The molecule has 0 bridgehead atoms. The molecule has 0 spiro atoms. The van der Waals surface area contributed by atoms with Crippen LogP contribution in [0.5, 0.6) is 5.75 Å². The normalized spacial score (nSPS) is 18.1. The SMILES string of the molecule is CCOc1cc(-c2ccc(N3CCC(CN4CCN(C(=O)OC(C)(C)C)[C@@H](C)C4)(C(=O)NCC(C)C)CC3)nc2)c2c(C#N)cnn2c1.S. The van der Waals surface area contributed by atoms with Crippen molar-refractivity contribution in [2.45, 2.75) is 73.0 Å². The zero-order valence-corrected chi connectivity index (χ0v) is 31.0. The van der Waals surface area contributed by atoms with E-state index < -0.39 is 11.0 Å². The van der Waals surface area contributed by atoms with Gasteiger partial charge in [-0.2, -0.15) is 23.9 Å². The first-order valence-corrected chi connectivity index (χ1v) is 17.1. The molecule has 5 rings (SSSR count). The van der Waals surface area contributed by atoms with E-state index in [1.165, 1.54) is 0 Å². The molecule has 0 aromatic carbocycles. The Morgan fingerprint density at radius 2 is 1.88 bits per heavy atom. The number of nitriles is 1. The number of pyridine rings is 2. The zero-order valence-electron chi connectivity index (χ0n) is 30.0. The van der Waals surface area contributed by atoms with Gasteiger partial charge in [0.2, 0.25) is 5.91 Å². The van der Waals surface area contributed by atoms with Gasteiger partial charge >= 0.3 is 6.09 Å². The number of piperazine rings is 1. The average molecular weight is 693 g/mol. The lowest BCUT2D eigenvalue weighted by Gasteiger charge is -2.46. The molecular formula is C36H52N8O4S. The van der Waals surface area contributed by atoms with E-state index >= 15 is 0 Å². The van der Waals surface area contributed by atoms with Gasteiger partial charge in [-0.05, 0) is 71.6 Å². The molecule has 49 heavy (non-hydrogen) atoms. The number of carbonyl (C=O) groups is 2. The maximum absolute atomic E-state index is 13.9. The maximum Gasteiger partial charge on any atom is 0.410 e. The number of anilines is 1. The summed E-state index contributed by atoms with van der Waals surface area (Å²) >= 11 is 0. The van der Waals surface area contributed by atoms with Gasteiger partial charge in [-0.25, -0.2) is 14.3 Å². The molecule has 266 valence electrons. The molecule has 1 atom stereocenters. The molecule has 2 saturated heterocycles. The highest BCUT2D eigenvalue weighted by Crippen LogP contribution is 2.36. The lowest BCUT2D eigenvalue weighted by Crippen LogP contribution is -2.60. The van der Waals surface area contributed by atoms with E-state index in [1.807, 2.05) is 59.0 Å². The molecule has 3 aromatic rings. The Labute approximate surface area is 297 Å². The monoisotopic (exact) mass is 692 g/mol. The minimum Gasteiger partial charge on any atom is -0.492 e. The van der Waals surface area contributed by atoms with Crippen molar-refractivity contribution in [3.63, 3.8) is 0 Å². The summed E-state index contributed by atoms with van der Waals surface area (Å²) in [4.78, 5) is 37.9. The smallest absolute Gasteiger partial charge is 0.410 e. The number of rotatable bonds is 9. The predicted octanol–water partition coefficient (Wildman–Crippen LogP) is 5.08. The topological polar surface area (TPSA) is 128 Å². The maximum atomic E-state index is 13.9. The lowest BCUT2D eigenvalue weighted by molar-refractivity contribution is -0.134. The van der Waals surface area contributed by atoms with Crippen LogP contribution in [0.3, 0.4) is 0 Å². The largest absolute Gasteiger partial charge is 0.492 e. The van der Waals surface area contributed by atoms with E-state index in [-0.39, 0.29) is 31.5 Å². The number of amides is 2. The Balaban J connectivity index is 0.00000541. The second-order valence-electron chi connectivity index (χ2n) is 14.5. The Morgan fingerprint density at radius 1 is 1.14 bits per heavy atom. The van der Waals surface area contributed by atoms with Crippen LogP contribution in [0.25, 0.3) is 16.6 Å². The summed E-state index contributed by atoms with van der Waals surface area (Å²) in [6, 6.07) is 8.17. The number of carbonyl (C=O) groups excluding carboxylic acids is 2. The van der Waals surface area contributed by atoms with Gasteiger partial charge in [0.1, 0.15) is 23.2 Å². The Bertz CT molecular complexity index is 1640. The van der Waals surface area contributed by atoms with Crippen LogP contribution in [0.1, 0.15) is 66.9 Å². The first kappa shape index (κ1) is 37.8. The molecule has 13 heteroatoms. The summed E-state index contributed by atoms with van der Waals surface area (Å²) in [5, 5.41) is 17.3. The highest BCUT2D eigenvalue weighted by molar-refractivity contribution is 7.59. The molecule has 2 aliphatic rings. The predicted molar refractivity (Wildman–Crippen MR) is 195 cm³/mol. The molecule has 0 unspecified atom stereocenters. The van der Waals surface area contributed by atoms with Crippen LogP contribution in [-0.4, -0.2) is 100 Å². The van der Waals surface area contributed by atoms with Crippen LogP contribution in [0.4, 0.5) is 10.6 Å². The summed E-state index contributed by atoms with van der Waals surface area (Å²) in [6.07, 6.45) is 6.28. The van der Waals surface area contributed by atoms with E-state index in [4.69, 9.17) is 14.5 Å². The molecule has 2 aliphatic heterocycles. The van der Waals surface area contributed by atoms with Crippen molar-refractivity contribution < 1.29 is 19.1 Å². The summed E-state index contributed by atoms with van der Waals surface area (Å²) in [6.45, 7) is 19.0. The van der Waals surface area contributed by atoms with Gasteiger partial charge in [-0.3, -0.25) is 9.69 Å². The van der Waals surface area contributed by atoms with Gasteiger partial charge < -0.3 is 24.6 Å². The third-order valence-electron chi connectivity index (χ3n) is 9.14. The third kappa shape index (κ3) is 8.78. The fourth-order valence-corrected chi connectivity index (χ4v) is 6.68. The van der Waals surface area contributed by atoms with E-state index in [0.29, 0.717) is 88.0 Å². The van der Waals surface area contributed by atoms with Crippen molar-refractivity contribution in [2.75, 3.05) is 57.3 Å². The first-order valence-electron chi connectivity index (χ1n) is 17.1. The van der Waals surface area contributed by atoms with Crippen LogP contribution in [-0.2, 0) is 9.53 Å². The van der Waals surface area contributed by atoms with Gasteiger partial charge in [0, 0.05) is 69.2 Å². The number of piperidine rings is 1. The Morgan fingerprint density at radius 3 is 2.47 bits per heavy atom. The molecule has 5 heterocycles. The van der Waals surface area contributed by atoms with E-state index in [2.05, 4.69) is 40.1 Å². The van der Waals surface area contributed by atoms with E-state index in [9.17, 15) is 14.9 Å². The standard InChI is InChI=1S/C36H50N8O4.H2S/c1-8-47-29-17-30(32-28(18-37)21-40-44(32)23-29)27-9-10-31(38-20-27)42-13-11-36(12-14-42,33(45)39-19-25(2)3)24-41-15-16-43(26(4)22-41)34(46)48-35(5,6)7;/h9-10,17,20-21,23,25-26H,8,11-16,19,22,24H2,1-7H3,(H,39,45);1H2/t26-;/m0./s1. The van der Waals surface area contributed by atoms with Crippen LogP contribution in [0.2, 0.25) is 0 Å². The summed E-state index contributed by atoms with van der Waals surface area (Å²) < 4.78 is 13.1. The highest BCUT2D eigenvalue weighted by atomic mass is 32.1. The molecule has 0 radical (unpaired) electrons. The van der Waals surface area contributed by atoms with Crippen LogP contribution < -0.4 is 15.0 Å². The molecule has 1 N–H and O–H groups in total. The van der Waals surface area contributed by atoms with Gasteiger partial charge in [0.15, 0.2) is 0 Å². The van der Waals surface area contributed by atoms with Gasteiger partial charge in [0.25, 0.3) is 0 Å². The quantitative estimate of drug-likeness (QED) is 0.327. The molecule has 2 amide bonds. The van der Waals surface area contributed by atoms with Gasteiger partial charge in [-0.1, -0.05) is 13.8 Å². The van der Waals surface area contributed by atoms with Crippen molar-refractivity contribution in [3.8, 4) is 22.9 Å². The Hall–Kier alpha value is -4.02. The number of ether oxygens (including phenoxy) is 2. The van der Waals surface area contributed by atoms with Crippen molar-refractivity contribution >= 4 is 36.8 Å². The molecule has 0 aliphatic carbocycles. The number of hydrogen-bond acceptors (Lipinski definition) is 9. The fraction of sp³-hybridized carbons (Fsp3) is 0.583. The van der Waals surface area contributed by atoms with E-state index in [1.54, 1.807) is 21.8 Å². The summed E-state index contributed by atoms with van der Waals surface area (Å²) in [5.74, 6) is 1.98. The van der Waals surface area contributed by atoms with Crippen molar-refractivity contribution in [2.24, 2.45) is 11.3 Å². The van der Waals surface area contributed by atoms with Crippen LogP contribution in [0, 0.1) is 22.7 Å². The molecule has 3 aromatic heterocycles. The molecular weight excluding hydrogens is 641 g/mol. The fourth-order valence-electron chi connectivity index (χ4n) is 6.68. The number of hydrogen-bond donors (Lipinski definition) is 1. The highest BCUT2D eigenvalue weighted by Gasteiger charge is 2.44. The van der Waals surface area contributed by atoms with Crippen LogP contribution in [0.15, 0.2) is 36.8 Å². The summed E-state index contributed by atoms with van der Waals surface area (Å²) in [5.41, 5.74) is 1.81. The van der Waals surface area contributed by atoms with Crippen molar-refractivity contribution in [3.05, 3.63) is 42.4 Å². The average Bonchev–Trinajstić information content (AvgIpc) is 3.46. The van der Waals surface area contributed by atoms with Gasteiger partial charge in [-0.15, -0.1) is 0 Å². The van der Waals surface area contributed by atoms with E-state index in [0.717, 1.165) is 16.9 Å². The number of nitrogens with one attached hydrogen (secondary N) is 1.